The fourth-order valence-electron chi connectivity index (χ4n) is 12.6. The average Bonchev–Trinajstić information content (AvgIpc) is 3.74. The number of aromatic carboxylic acids is 1. The molecule has 0 spiro atoms. The van der Waals surface area contributed by atoms with Gasteiger partial charge in [0.25, 0.3) is 0 Å². The molecule has 80 heavy (non-hydrogen) atoms. The SMILES string of the molecule is CC[C@@H]1OC(=O)[C@H](C)[C@H](O[C@@H]2C[C@](C)(OC)[C@H](OC(=O)CCNCCCc3ccc4c(c3)c(=O)c(C(=O)O)cn4CCOC)[C@H](C)O2)[C@@H](C)[C@H](O[C@@H]2O[C@H](C)C[C@H](N(C)C)[C@@H]2O)[C@](C)(O)C[C@H](C)CN(C)[C@H](C)[C@H]2OC(=O)O[C@]12C. The van der Waals surface area contributed by atoms with Gasteiger partial charge < -0.3 is 77.5 Å². The van der Waals surface area contributed by atoms with E-state index in [1.807, 2.05) is 77.7 Å². The first kappa shape index (κ1) is 64.8. The largest absolute Gasteiger partial charge is 0.509 e. The van der Waals surface area contributed by atoms with Crippen LogP contribution in [0.25, 0.3) is 10.9 Å². The second-order valence-electron chi connectivity index (χ2n) is 23.9. The number of pyridine rings is 1. The number of carboxylic acid groups (broad SMARTS) is 1. The lowest BCUT2D eigenvalue weighted by atomic mass is 9.77. The Bertz CT molecular complexity index is 2490. The molecule has 22 nitrogen and oxygen atoms in total. The smallest absolute Gasteiger partial charge is 0.477 e. The van der Waals surface area contributed by atoms with Crippen LogP contribution in [0.3, 0.4) is 0 Å². The maximum Gasteiger partial charge on any atom is 0.509 e. The molecule has 0 amide bonds. The fourth-order valence-corrected chi connectivity index (χ4v) is 12.6. The summed E-state index contributed by atoms with van der Waals surface area (Å²) in [4.78, 5) is 70.3. The molecule has 4 aliphatic heterocycles. The van der Waals surface area contributed by atoms with Crippen molar-refractivity contribution in [3.63, 3.8) is 0 Å². The number of methoxy groups -OCH3 is 2. The van der Waals surface area contributed by atoms with Crippen LogP contribution in [0, 0.1) is 17.8 Å². The molecule has 4 saturated heterocycles. The third-order valence-corrected chi connectivity index (χ3v) is 17.1. The molecule has 6 rings (SSSR count). The summed E-state index contributed by atoms with van der Waals surface area (Å²) in [6.07, 6.45) is -6.45. The number of likely N-dealkylation sites (N-methyl/N-ethyl adjacent to an activating group) is 2. The molecule has 5 heterocycles. The molecule has 452 valence electrons. The summed E-state index contributed by atoms with van der Waals surface area (Å²) in [7, 11) is 8.72. The molecule has 0 radical (unpaired) electrons. The summed E-state index contributed by atoms with van der Waals surface area (Å²) in [6, 6.07) is 4.74. The van der Waals surface area contributed by atoms with E-state index in [0.29, 0.717) is 63.0 Å². The Hall–Kier alpha value is -4.33. The maximum absolute atomic E-state index is 14.8. The van der Waals surface area contributed by atoms with Gasteiger partial charge >= 0.3 is 24.1 Å². The van der Waals surface area contributed by atoms with Crippen LogP contribution in [-0.2, 0) is 69.9 Å². The topological polar surface area (TPSA) is 262 Å². The van der Waals surface area contributed by atoms with Crippen molar-refractivity contribution in [3.05, 3.63) is 45.7 Å². The van der Waals surface area contributed by atoms with E-state index >= 15 is 0 Å². The van der Waals surface area contributed by atoms with Crippen LogP contribution >= 0.6 is 0 Å². The van der Waals surface area contributed by atoms with E-state index in [1.165, 1.54) is 13.3 Å². The molecule has 1 aromatic carbocycles. The zero-order chi connectivity index (χ0) is 59.2. The van der Waals surface area contributed by atoms with Gasteiger partial charge in [-0.05, 0) is 132 Å². The minimum absolute atomic E-state index is 0.0313. The number of aliphatic hydroxyl groups excluding tert-OH is 1. The number of esters is 2. The highest BCUT2D eigenvalue weighted by Crippen LogP contribution is 2.42. The molecule has 0 aliphatic carbocycles. The van der Waals surface area contributed by atoms with E-state index in [1.54, 1.807) is 52.4 Å². The van der Waals surface area contributed by atoms with E-state index < -0.39 is 119 Å². The van der Waals surface area contributed by atoms with Crippen LogP contribution in [-0.4, -0.2) is 206 Å². The predicted octanol–water partition coefficient (Wildman–Crippen LogP) is 4.91. The van der Waals surface area contributed by atoms with Crippen molar-refractivity contribution in [2.45, 2.75) is 211 Å². The quantitative estimate of drug-likeness (QED) is 0.0828. The van der Waals surface area contributed by atoms with Crippen molar-refractivity contribution in [2.75, 3.05) is 61.6 Å². The number of aliphatic hydroxyl groups is 2. The van der Waals surface area contributed by atoms with Crippen LogP contribution in [0.1, 0.15) is 124 Å². The predicted molar refractivity (Wildman–Crippen MR) is 294 cm³/mol. The van der Waals surface area contributed by atoms with Crippen LogP contribution in [0.4, 0.5) is 4.79 Å². The Morgan fingerprint density at radius 2 is 1.66 bits per heavy atom. The van der Waals surface area contributed by atoms with Gasteiger partial charge in [-0.3, -0.25) is 19.3 Å². The summed E-state index contributed by atoms with van der Waals surface area (Å²) < 4.78 is 63.9. The van der Waals surface area contributed by atoms with Gasteiger partial charge in [-0.1, -0.05) is 26.8 Å². The molecule has 2 aromatic rings. The third-order valence-electron chi connectivity index (χ3n) is 17.1. The van der Waals surface area contributed by atoms with Crippen LogP contribution in [0.5, 0.6) is 0 Å². The van der Waals surface area contributed by atoms with Gasteiger partial charge in [-0.2, -0.15) is 0 Å². The molecule has 1 aromatic heterocycles. The summed E-state index contributed by atoms with van der Waals surface area (Å²) in [6.45, 7) is 20.1. The molecule has 0 unspecified atom stereocenters. The maximum atomic E-state index is 14.8. The molecule has 4 aliphatic rings. The third kappa shape index (κ3) is 14.9. The van der Waals surface area contributed by atoms with E-state index in [2.05, 4.69) is 5.32 Å². The molecular formula is C58H92N4O18. The number of hydrogen-bond acceptors (Lipinski definition) is 20. The zero-order valence-corrected chi connectivity index (χ0v) is 49.8. The Morgan fingerprint density at radius 1 is 0.950 bits per heavy atom. The van der Waals surface area contributed by atoms with Crippen molar-refractivity contribution in [1.82, 2.24) is 19.7 Å². The van der Waals surface area contributed by atoms with E-state index in [0.717, 1.165) is 5.56 Å². The Kier molecular flexibility index (Phi) is 22.2. The van der Waals surface area contributed by atoms with Crippen molar-refractivity contribution >= 4 is 35.0 Å². The van der Waals surface area contributed by atoms with E-state index in [-0.39, 0.29) is 49.3 Å². The molecule has 4 fully saturated rings. The lowest BCUT2D eigenvalue weighted by Crippen LogP contribution is -2.61. The lowest BCUT2D eigenvalue weighted by molar-refractivity contribution is -0.318. The molecule has 0 bridgehead atoms. The zero-order valence-electron chi connectivity index (χ0n) is 49.8. The summed E-state index contributed by atoms with van der Waals surface area (Å²) in [5, 5.41) is 38.0. The van der Waals surface area contributed by atoms with Crippen LogP contribution in [0.2, 0.25) is 0 Å². The number of carboxylic acids is 1. The van der Waals surface area contributed by atoms with Gasteiger partial charge in [0, 0.05) is 69.9 Å². The number of ether oxygens (including phenoxy) is 10. The number of aromatic nitrogens is 1. The molecular weight excluding hydrogens is 1040 g/mol. The summed E-state index contributed by atoms with van der Waals surface area (Å²) in [5.41, 5.74) is -3.52. The summed E-state index contributed by atoms with van der Waals surface area (Å²) in [5.74, 6) is -4.55. The number of benzene rings is 1. The van der Waals surface area contributed by atoms with Crippen molar-refractivity contribution in [1.29, 1.82) is 0 Å². The van der Waals surface area contributed by atoms with E-state index in [4.69, 9.17) is 47.4 Å². The minimum atomic E-state index is -1.63. The Labute approximate surface area is 471 Å². The second kappa shape index (κ2) is 27.4. The standard InChI is InChI=1S/C58H92N4O18/c1-16-43-58(10)50(79-55(69)80-58)36(6)61(13)30-32(2)28-56(8,70)49(78-54-47(65)42(60(11)12)26-33(3)73-54)34(4)48(35(5)53(68)75-43)77-45-29-57(9,72-15)51(37(7)74-45)76-44(63)21-23-59-22-17-18-38-19-20-41-39(27-38)46(64)40(52(66)67)31-62(41)24-25-71-14/h19-20,27,31-37,42-43,45,47-51,54,59,65,70H,16-18,21-26,28-30H2,1-15H3,(H,66,67)/t32-,33+,34+,35+,36+,37-,42-,43-,45+,47-,48+,49-,50+,51+,54-,56+,57-,58+/m0/s1. The van der Waals surface area contributed by atoms with Gasteiger partial charge in [-0.25, -0.2) is 9.59 Å². The normalized spacial score (nSPS) is 36.8. The lowest BCUT2D eigenvalue weighted by Gasteiger charge is -2.49. The Balaban J connectivity index is 1.19. The first-order chi connectivity index (χ1) is 37.6. The molecule has 0 saturated carbocycles. The van der Waals surface area contributed by atoms with Crippen molar-refractivity contribution in [3.8, 4) is 0 Å². The van der Waals surface area contributed by atoms with Gasteiger partial charge in [0.05, 0.1) is 54.5 Å². The molecule has 18 atom stereocenters. The first-order valence-electron chi connectivity index (χ1n) is 28.4. The summed E-state index contributed by atoms with van der Waals surface area (Å²) >= 11 is 0. The monoisotopic (exact) mass is 1130 g/mol. The highest BCUT2D eigenvalue weighted by Gasteiger charge is 2.58. The number of carbonyl (C=O) groups excluding carboxylic acids is 3. The van der Waals surface area contributed by atoms with Gasteiger partial charge in [0.1, 0.15) is 23.4 Å². The van der Waals surface area contributed by atoms with Crippen LogP contribution in [0.15, 0.2) is 29.2 Å². The molecule has 22 heteroatoms. The number of nitrogens with one attached hydrogen (secondary N) is 1. The van der Waals surface area contributed by atoms with Crippen molar-refractivity contribution < 1.29 is 81.9 Å². The number of nitrogens with zero attached hydrogens (tertiary/aromatic N) is 3. The number of cyclic esters (lactones) is 1. The van der Waals surface area contributed by atoms with E-state index in [9.17, 15) is 39.3 Å². The van der Waals surface area contributed by atoms with Gasteiger partial charge in [0.15, 0.2) is 30.4 Å². The second-order valence-corrected chi connectivity index (χ2v) is 23.9. The average molecular weight is 1130 g/mol. The first-order valence-corrected chi connectivity index (χ1v) is 28.4. The molecule has 4 N–H and O–H groups in total. The number of hydrogen-bond donors (Lipinski definition) is 4. The Morgan fingerprint density at radius 3 is 2.31 bits per heavy atom. The minimum Gasteiger partial charge on any atom is -0.477 e. The van der Waals surface area contributed by atoms with Crippen LogP contribution < -0.4 is 10.7 Å². The number of rotatable bonds is 19. The fraction of sp³-hybridized carbons (Fsp3) is 0.776. The highest BCUT2D eigenvalue weighted by atomic mass is 16.8. The number of fused-ring (bicyclic) bond motifs is 2. The van der Waals surface area contributed by atoms with Gasteiger partial charge in [-0.15, -0.1) is 0 Å². The van der Waals surface area contributed by atoms with Gasteiger partial charge in [0.2, 0.25) is 5.43 Å². The van der Waals surface area contributed by atoms with Crippen molar-refractivity contribution in [2.24, 2.45) is 17.8 Å². The number of carbonyl (C=O) groups is 4. The number of aryl methyl sites for hydroxylation is 1. The highest BCUT2D eigenvalue weighted by molar-refractivity contribution is 5.92.